The molecule has 2 saturated heterocycles. The number of fused-ring (bicyclic) bond motifs is 1. The van der Waals surface area contributed by atoms with E-state index in [2.05, 4.69) is 20.4 Å². The van der Waals surface area contributed by atoms with Gasteiger partial charge in [-0.15, -0.1) is 0 Å². The third-order valence-electron chi connectivity index (χ3n) is 6.34. The number of carbonyl (C=O) groups is 2. The van der Waals surface area contributed by atoms with Crippen molar-refractivity contribution in [3.05, 3.63) is 69.6 Å². The summed E-state index contributed by atoms with van der Waals surface area (Å²) in [5, 5.41) is 10.8. The van der Waals surface area contributed by atoms with E-state index in [4.69, 9.17) is 9.47 Å². The third kappa shape index (κ3) is 4.89. The minimum Gasteiger partial charge on any atom is -0.378 e. The van der Waals surface area contributed by atoms with Crippen molar-refractivity contribution >= 4 is 28.3 Å². The number of anilines is 1. The van der Waals surface area contributed by atoms with Gasteiger partial charge >= 0.3 is 0 Å². The number of amides is 2. The van der Waals surface area contributed by atoms with Crippen LogP contribution in [0.1, 0.15) is 26.4 Å². The zero-order valence-electron chi connectivity index (χ0n) is 19.3. The standard InChI is InChI=1S/C25H27N5O5/c31-23(18-3-1-2-4-20(18)25(33)30-9-13-35-14-10-30)26-16-22-21-15-17(29-7-11-34-12-8-29)5-6-19(21)24(32)28-27-22/h1-6,15H,7-14,16H2,(H,26,31)(H,28,32). The summed E-state index contributed by atoms with van der Waals surface area (Å²) in [5.41, 5.74) is 1.87. The predicted octanol–water partition coefficient (Wildman–Crippen LogP) is 1.16. The maximum absolute atomic E-state index is 13.1. The third-order valence-corrected chi connectivity index (χ3v) is 6.34. The number of nitrogens with zero attached hydrogens (tertiary/aromatic N) is 3. The smallest absolute Gasteiger partial charge is 0.272 e. The van der Waals surface area contributed by atoms with Crippen LogP contribution in [0.4, 0.5) is 5.69 Å². The van der Waals surface area contributed by atoms with Crippen LogP contribution in [0.25, 0.3) is 10.8 Å². The number of nitrogens with one attached hydrogen (secondary N) is 2. The van der Waals surface area contributed by atoms with Gasteiger partial charge in [-0.25, -0.2) is 5.10 Å². The molecule has 182 valence electrons. The van der Waals surface area contributed by atoms with Gasteiger partial charge in [0.1, 0.15) is 0 Å². The van der Waals surface area contributed by atoms with Gasteiger partial charge in [-0.2, -0.15) is 5.10 Å². The Morgan fingerprint density at radius 2 is 1.60 bits per heavy atom. The molecule has 0 spiro atoms. The van der Waals surface area contributed by atoms with Crippen LogP contribution in [0.3, 0.4) is 0 Å². The fourth-order valence-corrected chi connectivity index (χ4v) is 4.42. The fourth-order valence-electron chi connectivity index (χ4n) is 4.42. The molecule has 0 unspecified atom stereocenters. The molecule has 0 bridgehead atoms. The monoisotopic (exact) mass is 477 g/mol. The molecule has 2 N–H and O–H groups in total. The molecule has 3 aromatic rings. The molecule has 1 aromatic heterocycles. The summed E-state index contributed by atoms with van der Waals surface area (Å²) < 4.78 is 10.8. The first-order valence-corrected chi connectivity index (χ1v) is 11.7. The Kier molecular flexibility index (Phi) is 6.73. The number of morpholine rings is 2. The predicted molar refractivity (Wildman–Crippen MR) is 130 cm³/mol. The summed E-state index contributed by atoms with van der Waals surface area (Å²) in [6, 6.07) is 12.4. The lowest BCUT2D eigenvalue weighted by molar-refractivity contribution is 0.0301. The van der Waals surface area contributed by atoms with Gasteiger partial charge in [0, 0.05) is 37.3 Å². The van der Waals surface area contributed by atoms with E-state index in [0.29, 0.717) is 67.1 Å². The zero-order valence-corrected chi connectivity index (χ0v) is 19.3. The van der Waals surface area contributed by atoms with Crippen LogP contribution in [0.2, 0.25) is 0 Å². The lowest BCUT2D eigenvalue weighted by Gasteiger charge is -2.29. The van der Waals surface area contributed by atoms with Crippen molar-refractivity contribution in [3.63, 3.8) is 0 Å². The molecule has 0 radical (unpaired) electrons. The van der Waals surface area contributed by atoms with Gasteiger partial charge in [0.2, 0.25) is 0 Å². The van der Waals surface area contributed by atoms with Crippen molar-refractivity contribution in [2.45, 2.75) is 6.54 Å². The summed E-state index contributed by atoms with van der Waals surface area (Å²) in [6.07, 6.45) is 0. The Morgan fingerprint density at radius 1 is 0.914 bits per heavy atom. The number of hydrogen-bond acceptors (Lipinski definition) is 7. The van der Waals surface area contributed by atoms with Crippen LogP contribution in [-0.4, -0.2) is 79.5 Å². The van der Waals surface area contributed by atoms with Crippen LogP contribution < -0.4 is 15.8 Å². The molecule has 0 atom stereocenters. The van der Waals surface area contributed by atoms with Gasteiger partial charge in [0.15, 0.2) is 0 Å². The van der Waals surface area contributed by atoms with E-state index < -0.39 is 0 Å². The molecule has 2 aliphatic rings. The summed E-state index contributed by atoms with van der Waals surface area (Å²) in [7, 11) is 0. The first-order valence-electron chi connectivity index (χ1n) is 11.7. The van der Waals surface area contributed by atoms with Gasteiger partial charge in [-0.3, -0.25) is 14.4 Å². The highest BCUT2D eigenvalue weighted by Crippen LogP contribution is 2.23. The van der Waals surface area contributed by atoms with Gasteiger partial charge in [-0.05, 0) is 30.3 Å². The molecule has 10 heteroatoms. The normalized spacial score (nSPS) is 16.3. The van der Waals surface area contributed by atoms with Gasteiger partial charge in [-0.1, -0.05) is 12.1 Å². The molecule has 2 aliphatic heterocycles. The van der Waals surface area contributed by atoms with Crippen molar-refractivity contribution in [2.75, 3.05) is 57.5 Å². The first-order chi connectivity index (χ1) is 17.1. The van der Waals surface area contributed by atoms with Crippen molar-refractivity contribution in [3.8, 4) is 0 Å². The number of ether oxygens (including phenoxy) is 2. The summed E-state index contributed by atoms with van der Waals surface area (Å²) >= 11 is 0. The topological polar surface area (TPSA) is 117 Å². The highest BCUT2D eigenvalue weighted by Gasteiger charge is 2.23. The summed E-state index contributed by atoms with van der Waals surface area (Å²) in [5.74, 6) is -0.575. The molecule has 35 heavy (non-hydrogen) atoms. The highest BCUT2D eigenvalue weighted by molar-refractivity contribution is 6.07. The van der Waals surface area contributed by atoms with Crippen LogP contribution >= 0.6 is 0 Å². The van der Waals surface area contributed by atoms with E-state index in [1.807, 2.05) is 12.1 Å². The Hall–Kier alpha value is -3.76. The van der Waals surface area contributed by atoms with E-state index in [-0.39, 0.29) is 23.9 Å². The van der Waals surface area contributed by atoms with Gasteiger partial charge in [0.25, 0.3) is 17.4 Å². The molecule has 2 amide bonds. The maximum atomic E-state index is 13.1. The van der Waals surface area contributed by atoms with E-state index in [9.17, 15) is 14.4 Å². The van der Waals surface area contributed by atoms with Crippen molar-refractivity contribution in [1.29, 1.82) is 0 Å². The molecular weight excluding hydrogens is 450 g/mol. The van der Waals surface area contributed by atoms with E-state index in [1.54, 1.807) is 35.2 Å². The average Bonchev–Trinajstić information content (AvgIpc) is 2.93. The van der Waals surface area contributed by atoms with E-state index in [0.717, 1.165) is 18.8 Å². The average molecular weight is 478 g/mol. The molecule has 2 aromatic carbocycles. The minimum absolute atomic E-state index is 0.0960. The number of carbonyl (C=O) groups excluding carboxylic acids is 2. The number of H-pyrrole nitrogens is 1. The number of benzene rings is 2. The molecule has 5 rings (SSSR count). The number of rotatable bonds is 5. The molecule has 3 heterocycles. The quantitative estimate of drug-likeness (QED) is 0.566. The second-order valence-corrected chi connectivity index (χ2v) is 8.46. The molecule has 0 aliphatic carbocycles. The van der Waals surface area contributed by atoms with Crippen molar-refractivity contribution in [2.24, 2.45) is 0 Å². The van der Waals surface area contributed by atoms with Crippen molar-refractivity contribution in [1.82, 2.24) is 20.4 Å². The summed E-state index contributed by atoms with van der Waals surface area (Å²) in [4.78, 5) is 42.4. The Labute approximate surface area is 201 Å². The second-order valence-electron chi connectivity index (χ2n) is 8.46. The number of hydrogen-bond donors (Lipinski definition) is 2. The molecular formula is C25H27N5O5. The number of aromatic amines is 1. The fraction of sp³-hybridized carbons (Fsp3) is 0.360. The molecule has 0 saturated carbocycles. The van der Waals surface area contributed by atoms with Gasteiger partial charge < -0.3 is 24.6 Å². The van der Waals surface area contributed by atoms with Gasteiger partial charge in [0.05, 0.1) is 55.2 Å². The second kappa shape index (κ2) is 10.2. The van der Waals surface area contributed by atoms with Crippen molar-refractivity contribution < 1.29 is 19.1 Å². The van der Waals surface area contributed by atoms with E-state index in [1.165, 1.54) is 0 Å². The Morgan fingerprint density at radius 3 is 2.34 bits per heavy atom. The molecule has 10 nitrogen and oxygen atoms in total. The maximum Gasteiger partial charge on any atom is 0.272 e. The van der Waals surface area contributed by atoms with Crippen LogP contribution in [-0.2, 0) is 16.0 Å². The SMILES string of the molecule is O=C(NCc1n[nH]c(=O)c2ccc(N3CCOCC3)cc12)c1ccccc1C(=O)N1CCOCC1. The van der Waals surface area contributed by atoms with Crippen LogP contribution in [0.15, 0.2) is 47.3 Å². The lowest BCUT2D eigenvalue weighted by Crippen LogP contribution is -2.41. The summed E-state index contributed by atoms with van der Waals surface area (Å²) in [6.45, 7) is 4.88. The lowest BCUT2D eigenvalue weighted by atomic mass is 10.0. The highest BCUT2D eigenvalue weighted by atomic mass is 16.5. The Balaban J connectivity index is 1.38. The largest absolute Gasteiger partial charge is 0.378 e. The zero-order chi connectivity index (χ0) is 24.2. The van der Waals surface area contributed by atoms with Crippen LogP contribution in [0.5, 0.6) is 0 Å². The minimum atomic E-state index is -0.382. The molecule has 2 fully saturated rings. The first kappa shape index (κ1) is 23.0. The number of aromatic nitrogens is 2. The van der Waals surface area contributed by atoms with E-state index >= 15 is 0 Å². The Bertz CT molecular complexity index is 1290. The van der Waals surface area contributed by atoms with Crippen LogP contribution in [0, 0.1) is 0 Å².